The van der Waals surface area contributed by atoms with Crippen LogP contribution in [0.15, 0.2) is 47.8 Å². The molecule has 0 aliphatic carbocycles. The van der Waals surface area contributed by atoms with Gasteiger partial charge >= 0.3 is 0 Å². The molecule has 0 bridgehead atoms. The van der Waals surface area contributed by atoms with Crippen LogP contribution >= 0.6 is 23.1 Å². The second-order valence-corrected chi connectivity index (χ2v) is 9.31. The minimum atomic E-state index is -0.399. The summed E-state index contributed by atoms with van der Waals surface area (Å²) in [5.74, 6) is 1.06. The molecule has 1 saturated heterocycles. The molecule has 2 unspecified atom stereocenters. The van der Waals surface area contributed by atoms with Crippen LogP contribution in [0.3, 0.4) is 0 Å². The van der Waals surface area contributed by atoms with Gasteiger partial charge in [0.05, 0.1) is 10.3 Å². The first-order chi connectivity index (χ1) is 13.1. The summed E-state index contributed by atoms with van der Waals surface area (Å²) in [6.07, 6.45) is 1.69. The summed E-state index contributed by atoms with van der Waals surface area (Å²) in [6, 6.07) is 13.4. The molecule has 1 N–H and O–H groups in total. The smallest absolute Gasteiger partial charge is 0.265 e. The van der Waals surface area contributed by atoms with Crippen molar-refractivity contribution in [3.05, 3.63) is 58.3 Å². The molecular weight excluding hydrogens is 376 g/mol. The van der Waals surface area contributed by atoms with Crippen molar-refractivity contribution in [2.75, 3.05) is 12.3 Å². The van der Waals surface area contributed by atoms with Gasteiger partial charge in [-0.25, -0.2) is 0 Å². The number of thiophene rings is 1. The van der Waals surface area contributed by atoms with Crippen LogP contribution in [0.2, 0.25) is 0 Å². The van der Waals surface area contributed by atoms with Crippen LogP contribution in [0.5, 0.6) is 0 Å². The maximum Gasteiger partial charge on any atom is 0.265 e. The molecule has 27 heavy (non-hydrogen) atoms. The second-order valence-electron chi connectivity index (χ2n) is 7.15. The fourth-order valence-corrected chi connectivity index (χ4v) is 5.55. The summed E-state index contributed by atoms with van der Waals surface area (Å²) in [6.45, 7) is 4.89. The van der Waals surface area contributed by atoms with Gasteiger partial charge in [0.25, 0.3) is 5.91 Å². The van der Waals surface area contributed by atoms with E-state index in [-0.39, 0.29) is 17.2 Å². The van der Waals surface area contributed by atoms with E-state index in [2.05, 4.69) is 31.3 Å². The quantitative estimate of drug-likeness (QED) is 0.760. The van der Waals surface area contributed by atoms with Crippen LogP contribution in [0.1, 0.15) is 35.5 Å². The van der Waals surface area contributed by atoms with Gasteiger partial charge in [-0.1, -0.05) is 50.2 Å². The van der Waals surface area contributed by atoms with E-state index < -0.39 is 6.04 Å². The number of carbonyl (C=O) groups excluding carboxylic acids is 2. The highest BCUT2D eigenvalue weighted by Gasteiger charge is 2.42. The standard InChI is InChI=1S/C21H26N2O2S2/c1-15(2)13-19-23(21(25)18-9-6-12-26-18)17(14-27-19)20(24)22-11-10-16-7-4-3-5-8-16/h3-9,12,15,17,19H,10-11,13-14H2,1-2H3,(H,22,24). The summed E-state index contributed by atoms with van der Waals surface area (Å²) in [5.41, 5.74) is 1.20. The number of nitrogens with zero attached hydrogens (tertiary/aromatic N) is 1. The first-order valence-electron chi connectivity index (χ1n) is 9.35. The van der Waals surface area contributed by atoms with Gasteiger partial charge in [0, 0.05) is 12.3 Å². The van der Waals surface area contributed by atoms with Crippen molar-refractivity contribution in [2.24, 2.45) is 5.92 Å². The molecule has 2 heterocycles. The van der Waals surface area contributed by atoms with Crippen molar-refractivity contribution in [3.63, 3.8) is 0 Å². The molecule has 0 radical (unpaired) electrons. The summed E-state index contributed by atoms with van der Waals surface area (Å²) in [5, 5.41) is 5.00. The topological polar surface area (TPSA) is 49.4 Å². The van der Waals surface area contributed by atoms with Gasteiger partial charge in [0.2, 0.25) is 5.91 Å². The number of rotatable bonds is 7. The van der Waals surface area contributed by atoms with Crippen molar-refractivity contribution in [3.8, 4) is 0 Å². The number of benzene rings is 1. The first kappa shape index (κ1) is 20.0. The number of thioether (sulfide) groups is 1. The molecule has 1 aromatic carbocycles. The molecule has 3 rings (SSSR count). The summed E-state index contributed by atoms with van der Waals surface area (Å²) >= 11 is 3.16. The molecular formula is C21H26N2O2S2. The van der Waals surface area contributed by atoms with E-state index >= 15 is 0 Å². The molecule has 0 saturated carbocycles. The predicted molar refractivity (Wildman–Crippen MR) is 113 cm³/mol. The maximum absolute atomic E-state index is 13.1. The minimum Gasteiger partial charge on any atom is -0.354 e. The van der Waals surface area contributed by atoms with Gasteiger partial charge in [0.15, 0.2) is 0 Å². The molecule has 6 heteroatoms. The Labute approximate surface area is 169 Å². The Kier molecular flexibility index (Phi) is 6.96. The lowest BCUT2D eigenvalue weighted by Gasteiger charge is -2.29. The number of carbonyl (C=O) groups is 2. The van der Waals surface area contributed by atoms with Crippen LogP contribution in [0.25, 0.3) is 0 Å². The minimum absolute atomic E-state index is 0.0242. The predicted octanol–water partition coefficient (Wildman–Crippen LogP) is 4.04. The molecule has 2 amide bonds. The van der Waals surface area contributed by atoms with Gasteiger partial charge in [-0.15, -0.1) is 23.1 Å². The number of hydrogen-bond acceptors (Lipinski definition) is 4. The first-order valence-corrected chi connectivity index (χ1v) is 11.3. The van der Waals surface area contributed by atoms with Gasteiger partial charge in [0.1, 0.15) is 6.04 Å². The van der Waals surface area contributed by atoms with E-state index in [0.717, 1.165) is 12.8 Å². The van der Waals surface area contributed by atoms with Crippen molar-refractivity contribution in [1.82, 2.24) is 10.2 Å². The molecule has 2 aromatic rings. The Bertz CT molecular complexity index is 747. The third kappa shape index (κ3) is 5.14. The summed E-state index contributed by atoms with van der Waals surface area (Å²) in [7, 11) is 0. The number of nitrogens with one attached hydrogen (secondary N) is 1. The van der Waals surface area contributed by atoms with E-state index in [1.807, 2.05) is 40.6 Å². The second kappa shape index (κ2) is 9.42. The lowest BCUT2D eigenvalue weighted by Crippen LogP contribution is -2.50. The molecule has 1 fully saturated rings. The van der Waals surface area contributed by atoms with Crippen molar-refractivity contribution in [1.29, 1.82) is 0 Å². The van der Waals surface area contributed by atoms with Crippen LogP contribution in [0, 0.1) is 5.92 Å². The molecule has 1 aromatic heterocycles. The normalized spacial score (nSPS) is 19.4. The Hall–Kier alpha value is -1.79. The summed E-state index contributed by atoms with van der Waals surface area (Å²) < 4.78 is 0. The van der Waals surface area contributed by atoms with Gasteiger partial charge in [-0.05, 0) is 35.8 Å². The van der Waals surface area contributed by atoms with Crippen LogP contribution in [-0.4, -0.2) is 40.4 Å². The fourth-order valence-electron chi connectivity index (χ4n) is 3.24. The SMILES string of the molecule is CC(C)CC1SCC(C(=O)NCCc2ccccc2)N1C(=O)c1cccs1. The zero-order valence-corrected chi connectivity index (χ0v) is 17.4. The van der Waals surface area contributed by atoms with E-state index in [1.165, 1.54) is 16.9 Å². The zero-order valence-electron chi connectivity index (χ0n) is 15.8. The van der Waals surface area contributed by atoms with Crippen LogP contribution in [0.4, 0.5) is 0 Å². The van der Waals surface area contributed by atoms with Crippen LogP contribution < -0.4 is 5.32 Å². The van der Waals surface area contributed by atoms with Gasteiger partial charge in [-0.2, -0.15) is 0 Å². The monoisotopic (exact) mass is 402 g/mol. The Morgan fingerprint density at radius 3 is 2.63 bits per heavy atom. The molecule has 4 nitrogen and oxygen atoms in total. The van der Waals surface area contributed by atoms with Crippen molar-refractivity contribution >= 4 is 34.9 Å². The van der Waals surface area contributed by atoms with Gasteiger partial charge in [-0.3, -0.25) is 9.59 Å². The lowest BCUT2D eigenvalue weighted by atomic mass is 10.1. The van der Waals surface area contributed by atoms with Gasteiger partial charge < -0.3 is 10.2 Å². The molecule has 144 valence electrons. The highest BCUT2D eigenvalue weighted by molar-refractivity contribution is 8.00. The zero-order chi connectivity index (χ0) is 19.2. The van der Waals surface area contributed by atoms with Crippen molar-refractivity contribution < 1.29 is 9.59 Å². The average Bonchev–Trinajstić information content (AvgIpc) is 3.31. The molecule has 1 aliphatic rings. The number of amides is 2. The van der Waals surface area contributed by atoms with Crippen molar-refractivity contribution in [2.45, 2.75) is 38.1 Å². The molecule has 0 spiro atoms. The highest BCUT2D eigenvalue weighted by atomic mass is 32.2. The molecule has 1 aliphatic heterocycles. The lowest BCUT2D eigenvalue weighted by molar-refractivity contribution is -0.124. The third-order valence-corrected chi connectivity index (χ3v) is 6.76. The Morgan fingerprint density at radius 2 is 1.96 bits per heavy atom. The third-order valence-electron chi connectivity index (χ3n) is 4.59. The van der Waals surface area contributed by atoms with Crippen LogP contribution in [-0.2, 0) is 11.2 Å². The highest BCUT2D eigenvalue weighted by Crippen LogP contribution is 2.35. The summed E-state index contributed by atoms with van der Waals surface area (Å²) in [4.78, 5) is 28.4. The van der Waals surface area contributed by atoms with E-state index in [9.17, 15) is 9.59 Å². The fraction of sp³-hybridized carbons (Fsp3) is 0.429. The Balaban J connectivity index is 1.66. The maximum atomic E-state index is 13.1. The Morgan fingerprint density at radius 1 is 1.19 bits per heavy atom. The van der Waals surface area contributed by atoms with E-state index in [0.29, 0.717) is 23.1 Å². The van der Waals surface area contributed by atoms with E-state index in [4.69, 9.17) is 0 Å². The molecule has 2 atom stereocenters. The number of hydrogen-bond donors (Lipinski definition) is 1. The van der Waals surface area contributed by atoms with E-state index in [1.54, 1.807) is 11.8 Å². The average molecular weight is 403 g/mol. The largest absolute Gasteiger partial charge is 0.354 e.